The van der Waals surface area contributed by atoms with Crippen molar-refractivity contribution in [3.63, 3.8) is 0 Å². The van der Waals surface area contributed by atoms with E-state index in [4.69, 9.17) is 18.9 Å². The molecule has 0 bridgehead atoms. The third-order valence-corrected chi connectivity index (χ3v) is 7.01. The number of hydrogen-bond donors (Lipinski definition) is 0. The van der Waals surface area contributed by atoms with Gasteiger partial charge in [0.15, 0.2) is 11.6 Å². The fourth-order valence-electron chi connectivity index (χ4n) is 4.31. The van der Waals surface area contributed by atoms with Crippen molar-refractivity contribution >= 4 is 23.9 Å². The minimum absolute atomic E-state index is 0.0657. The molecule has 0 fully saturated rings. The largest absolute Gasteiger partial charge is 0.423 e. The summed E-state index contributed by atoms with van der Waals surface area (Å²) >= 11 is 0. The van der Waals surface area contributed by atoms with E-state index in [0.29, 0.717) is 22.4 Å². The highest BCUT2D eigenvalue weighted by Crippen LogP contribution is 2.43. The summed E-state index contributed by atoms with van der Waals surface area (Å²) in [6.45, 7) is 18.6. The monoisotopic (exact) mass is 694 g/mol. The average Bonchev–Trinajstić information content (AvgIpc) is 3.13. The van der Waals surface area contributed by atoms with E-state index in [1.54, 1.807) is 67.6 Å². The van der Waals surface area contributed by atoms with Crippen LogP contribution < -0.4 is 18.9 Å². The van der Waals surface area contributed by atoms with Gasteiger partial charge in [0, 0.05) is 45.6 Å². The Morgan fingerprint density at radius 1 is 0.596 bits per heavy atom. The van der Waals surface area contributed by atoms with Crippen LogP contribution in [0, 0.1) is 36.4 Å². The van der Waals surface area contributed by atoms with Crippen molar-refractivity contribution in [3.05, 3.63) is 156 Å². The normalized spacial score (nSPS) is 9.85. The van der Waals surface area contributed by atoms with Crippen LogP contribution in [-0.4, -0.2) is 23.9 Å². The summed E-state index contributed by atoms with van der Waals surface area (Å²) in [6, 6.07) is 19.2. The number of carbonyl (C=O) groups is 4. The number of esters is 4. The van der Waals surface area contributed by atoms with Crippen molar-refractivity contribution in [1.82, 2.24) is 0 Å². The van der Waals surface area contributed by atoms with E-state index in [1.165, 1.54) is 26.0 Å². The zero-order chi connectivity index (χ0) is 37.9. The fraction of sp³-hybridized carbons (Fsp3) is 0.0698. The second-order valence-electron chi connectivity index (χ2n) is 11.1. The lowest BCUT2D eigenvalue weighted by atomic mass is 9.95. The molecule has 0 saturated carbocycles. The van der Waals surface area contributed by atoms with Gasteiger partial charge in [0.25, 0.3) is 0 Å². The first-order valence-electron chi connectivity index (χ1n) is 15.5. The quantitative estimate of drug-likeness (QED) is 0.0759. The Kier molecular flexibility index (Phi) is 12.2. The van der Waals surface area contributed by atoms with Crippen LogP contribution in [0.2, 0.25) is 0 Å². The van der Waals surface area contributed by atoms with E-state index in [1.807, 2.05) is 0 Å². The molecule has 258 valence electrons. The van der Waals surface area contributed by atoms with Crippen LogP contribution in [0.5, 0.6) is 23.0 Å². The van der Waals surface area contributed by atoms with Crippen molar-refractivity contribution in [2.75, 3.05) is 0 Å². The molecular formula is C43H31FO8. The molecular weight excluding hydrogens is 663 g/mol. The molecule has 4 aromatic rings. The maximum Gasteiger partial charge on any atom is 0.338 e. The van der Waals surface area contributed by atoms with Gasteiger partial charge in [-0.15, -0.1) is 0 Å². The maximum absolute atomic E-state index is 16.6. The van der Waals surface area contributed by atoms with Gasteiger partial charge >= 0.3 is 23.9 Å². The van der Waals surface area contributed by atoms with Crippen molar-refractivity contribution in [3.8, 4) is 57.8 Å². The zero-order valence-electron chi connectivity index (χ0n) is 28.6. The van der Waals surface area contributed by atoms with Crippen LogP contribution in [0.1, 0.15) is 41.7 Å². The van der Waals surface area contributed by atoms with Crippen molar-refractivity contribution in [1.29, 1.82) is 0 Å². The molecule has 0 spiro atoms. The standard InChI is InChI=1S/C43H31FO8/c1-8-36(45)51-40-28(7)35(25-18-31-16-23-34(24-17-31)50-43(48)27(5)6)41(52-37(46)9-2)39(44)38(40)32-19-12-29(13-20-32)10-11-30-14-21-33(22-15-30)49-42(47)26(3)4/h8-9,12-17,19-24H,1-3,5H2,4,6-7H3. The van der Waals surface area contributed by atoms with E-state index < -0.39 is 35.4 Å². The molecule has 4 rings (SSSR count). The first-order valence-corrected chi connectivity index (χ1v) is 15.5. The van der Waals surface area contributed by atoms with Gasteiger partial charge < -0.3 is 18.9 Å². The van der Waals surface area contributed by atoms with Crippen LogP contribution in [0.3, 0.4) is 0 Å². The zero-order valence-corrected chi connectivity index (χ0v) is 28.6. The van der Waals surface area contributed by atoms with Crippen molar-refractivity contribution < 1.29 is 42.5 Å². The third kappa shape index (κ3) is 9.47. The van der Waals surface area contributed by atoms with Crippen LogP contribution in [-0.2, 0) is 19.2 Å². The molecule has 0 N–H and O–H groups in total. The predicted molar refractivity (Wildman–Crippen MR) is 194 cm³/mol. The summed E-state index contributed by atoms with van der Waals surface area (Å²) in [7, 11) is 0. The SMILES string of the molecule is C=CC(=O)Oc1c(F)c(-c2ccc(C#Cc3ccc(OC(=O)C(=C)C)cc3)cc2)c(OC(=O)C=C)c(C)c1C#Cc1ccc(OC(=O)C(=C)C)cc1. The number of ether oxygens (including phenoxy) is 4. The van der Waals surface area contributed by atoms with Crippen LogP contribution in [0.4, 0.5) is 4.39 Å². The number of benzene rings is 4. The van der Waals surface area contributed by atoms with E-state index in [0.717, 1.165) is 12.2 Å². The fourth-order valence-corrected chi connectivity index (χ4v) is 4.31. The molecule has 0 amide bonds. The summed E-state index contributed by atoms with van der Waals surface area (Å²) in [6.07, 6.45) is 1.80. The Balaban J connectivity index is 1.75. The molecule has 0 radical (unpaired) electrons. The smallest absolute Gasteiger partial charge is 0.338 e. The first kappa shape index (κ1) is 37.6. The predicted octanol–water partition coefficient (Wildman–Crippen LogP) is 7.75. The average molecular weight is 695 g/mol. The second-order valence-corrected chi connectivity index (χ2v) is 11.1. The molecule has 0 unspecified atom stereocenters. The summed E-state index contributed by atoms with van der Waals surface area (Å²) in [4.78, 5) is 48.4. The van der Waals surface area contributed by atoms with Crippen LogP contribution >= 0.6 is 0 Å². The summed E-state index contributed by atoms with van der Waals surface area (Å²) in [5.74, 6) is 7.71. The summed E-state index contributed by atoms with van der Waals surface area (Å²) in [5.41, 5.74) is 2.40. The lowest BCUT2D eigenvalue weighted by Gasteiger charge is -2.18. The van der Waals surface area contributed by atoms with Gasteiger partial charge in [-0.1, -0.05) is 62.1 Å². The van der Waals surface area contributed by atoms with Gasteiger partial charge in [0.1, 0.15) is 17.2 Å². The number of hydrogen-bond acceptors (Lipinski definition) is 8. The Labute approximate surface area is 300 Å². The molecule has 0 heterocycles. The molecule has 52 heavy (non-hydrogen) atoms. The van der Waals surface area contributed by atoms with Crippen molar-refractivity contribution in [2.24, 2.45) is 0 Å². The summed E-state index contributed by atoms with van der Waals surface area (Å²) in [5, 5.41) is 0. The number of rotatable bonds is 9. The number of halogens is 1. The van der Waals surface area contributed by atoms with Gasteiger partial charge in [-0.25, -0.2) is 23.6 Å². The molecule has 0 aliphatic carbocycles. The highest BCUT2D eigenvalue weighted by Gasteiger charge is 2.27. The van der Waals surface area contributed by atoms with E-state index in [-0.39, 0.29) is 44.9 Å². The third-order valence-electron chi connectivity index (χ3n) is 7.01. The number of carbonyl (C=O) groups excluding carboxylic acids is 4. The Bertz CT molecular complexity index is 2260. The molecule has 4 aromatic carbocycles. The Morgan fingerprint density at radius 2 is 0.981 bits per heavy atom. The van der Waals surface area contributed by atoms with Gasteiger partial charge in [0.05, 0.1) is 11.1 Å². The van der Waals surface area contributed by atoms with Crippen LogP contribution in [0.25, 0.3) is 11.1 Å². The molecule has 9 heteroatoms. The molecule has 0 aromatic heterocycles. The molecule has 0 atom stereocenters. The maximum atomic E-state index is 16.6. The molecule has 0 aliphatic heterocycles. The van der Waals surface area contributed by atoms with E-state index in [2.05, 4.69) is 50.0 Å². The lowest BCUT2D eigenvalue weighted by Crippen LogP contribution is -2.12. The van der Waals surface area contributed by atoms with Crippen molar-refractivity contribution in [2.45, 2.75) is 20.8 Å². The highest BCUT2D eigenvalue weighted by atomic mass is 19.1. The minimum Gasteiger partial charge on any atom is -0.423 e. The highest BCUT2D eigenvalue weighted by molar-refractivity contribution is 5.90. The van der Waals surface area contributed by atoms with Gasteiger partial charge in [-0.05, 0) is 87.0 Å². The minimum atomic E-state index is -1.02. The topological polar surface area (TPSA) is 105 Å². The van der Waals surface area contributed by atoms with Gasteiger partial charge in [-0.2, -0.15) is 0 Å². The van der Waals surface area contributed by atoms with E-state index in [9.17, 15) is 19.2 Å². The second kappa shape index (κ2) is 16.9. The van der Waals surface area contributed by atoms with Crippen LogP contribution in [0.15, 0.2) is 122 Å². The molecule has 0 aliphatic rings. The van der Waals surface area contributed by atoms with E-state index >= 15 is 4.39 Å². The van der Waals surface area contributed by atoms with Gasteiger partial charge in [-0.3, -0.25) is 0 Å². The lowest BCUT2D eigenvalue weighted by molar-refractivity contribution is -0.130. The first-order chi connectivity index (χ1) is 24.8. The Hall–Kier alpha value is -7.23. The summed E-state index contributed by atoms with van der Waals surface area (Å²) < 4.78 is 37.9. The molecule has 0 saturated heterocycles. The van der Waals surface area contributed by atoms with Gasteiger partial charge in [0.2, 0.25) is 0 Å². The molecule has 8 nitrogen and oxygen atoms in total. The Morgan fingerprint density at radius 3 is 1.38 bits per heavy atom.